The molecule has 1 aliphatic carbocycles. The molecule has 0 bridgehead atoms. The second-order valence-electron chi connectivity index (χ2n) is 9.61. The van der Waals surface area contributed by atoms with Crippen molar-refractivity contribution < 1.29 is 19.5 Å². The van der Waals surface area contributed by atoms with Gasteiger partial charge in [0.2, 0.25) is 0 Å². The summed E-state index contributed by atoms with van der Waals surface area (Å²) < 4.78 is 0. The van der Waals surface area contributed by atoms with E-state index in [2.05, 4.69) is 26.1 Å². The highest BCUT2D eigenvalue weighted by Crippen LogP contribution is 2.53. The van der Waals surface area contributed by atoms with Crippen LogP contribution in [0.25, 0.3) is 0 Å². The van der Waals surface area contributed by atoms with Crippen LogP contribution in [0.3, 0.4) is 0 Å². The van der Waals surface area contributed by atoms with Crippen molar-refractivity contribution in [2.75, 3.05) is 13.1 Å². The summed E-state index contributed by atoms with van der Waals surface area (Å²) in [5.41, 5.74) is 1.02. The van der Waals surface area contributed by atoms with E-state index in [0.29, 0.717) is 11.1 Å². The van der Waals surface area contributed by atoms with Crippen LogP contribution in [0.4, 0.5) is 4.79 Å². The number of nitrogens with zero attached hydrogens (tertiary/aromatic N) is 1. The fourth-order valence-corrected chi connectivity index (χ4v) is 5.14. The van der Waals surface area contributed by atoms with Gasteiger partial charge in [-0.05, 0) is 48.1 Å². The molecule has 2 aliphatic rings. The van der Waals surface area contributed by atoms with Crippen LogP contribution in [0.5, 0.6) is 0 Å². The van der Waals surface area contributed by atoms with Crippen molar-refractivity contribution in [1.82, 2.24) is 10.2 Å². The molecule has 1 heterocycles. The number of benzene rings is 1. The van der Waals surface area contributed by atoms with Gasteiger partial charge in [-0.25, -0.2) is 4.79 Å². The topological polar surface area (TPSA) is 86.7 Å². The lowest BCUT2D eigenvalue weighted by Crippen LogP contribution is -2.45. The Morgan fingerprint density at radius 1 is 1.10 bits per heavy atom. The predicted octanol–water partition coefficient (Wildman–Crippen LogP) is 4.55. The first-order valence-electron chi connectivity index (χ1n) is 10.6. The van der Waals surface area contributed by atoms with E-state index in [1.807, 2.05) is 0 Å². The number of carboxylic acid groups (broad SMARTS) is 1. The SMILES string of the molecule is CC(C)(C)C1(CC(CNC(=O)O)CN2C(=O)c3ccccc3C2=O)CCCCC1. The molecular weight excluding hydrogens is 368 g/mol. The Morgan fingerprint density at radius 3 is 2.14 bits per heavy atom. The van der Waals surface area contributed by atoms with Crippen LogP contribution in [-0.2, 0) is 0 Å². The Balaban J connectivity index is 1.83. The minimum atomic E-state index is -1.08. The number of nitrogens with one attached hydrogen (secondary N) is 1. The average Bonchev–Trinajstić information content (AvgIpc) is 2.91. The van der Waals surface area contributed by atoms with Gasteiger partial charge in [0.25, 0.3) is 11.8 Å². The lowest BCUT2D eigenvalue weighted by atomic mass is 9.56. The summed E-state index contributed by atoms with van der Waals surface area (Å²) in [5, 5.41) is 11.6. The molecule has 158 valence electrons. The van der Waals surface area contributed by atoms with Crippen molar-refractivity contribution in [3.05, 3.63) is 35.4 Å². The van der Waals surface area contributed by atoms with Crippen molar-refractivity contribution in [3.8, 4) is 0 Å². The highest BCUT2D eigenvalue weighted by atomic mass is 16.4. The maximum absolute atomic E-state index is 12.8. The maximum atomic E-state index is 12.8. The maximum Gasteiger partial charge on any atom is 0.404 e. The molecule has 1 unspecified atom stereocenters. The van der Waals surface area contributed by atoms with Crippen molar-refractivity contribution in [2.24, 2.45) is 16.7 Å². The van der Waals surface area contributed by atoms with Crippen LogP contribution in [0, 0.1) is 16.7 Å². The van der Waals surface area contributed by atoms with Gasteiger partial charge >= 0.3 is 6.09 Å². The van der Waals surface area contributed by atoms with Crippen molar-refractivity contribution in [3.63, 3.8) is 0 Å². The number of imide groups is 1. The Labute approximate surface area is 172 Å². The molecule has 6 nitrogen and oxygen atoms in total. The summed E-state index contributed by atoms with van der Waals surface area (Å²) in [4.78, 5) is 38.1. The Hall–Kier alpha value is -2.37. The van der Waals surface area contributed by atoms with E-state index in [1.165, 1.54) is 24.2 Å². The molecular formula is C23H32N2O4. The third-order valence-electron chi connectivity index (χ3n) is 6.94. The Bertz CT molecular complexity index is 755. The summed E-state index contributed by atoms with van der Waals surface area (Å²) in [6.45, 7) is 7.23. The first kappa shape index (κ1) is 21.3. The van der Waals surface area contributed by atoms with Crippen LogP contribution in [-0.4, -0.2) is 41.0 Å². The van der Waals surface area contributed by atoms with E-state index in [0.717, 1.165) is 19.3 Å². The number of carbonyl (C=O) groups excluding carboxylic acids is 2. The molecule has 1 aromatic carbocycles. The number of carbonyl (C=O) groups is 3. The summed E-state index contributed by atoms with van der Waals surface area (Å²) in [6, 6.07) is 6.87. The Morgan fingerprint density at radius 2 is 1.66 bits per heavy atom. The van der Waals surface area contributed by atoms with Gasteiger partial charge < -0.3 is 10.4 Å². The van der Waals surface area contributed by atoms with E-state index in [9.17, 15) is 14.4 Å². The summed E-state index contributed by atoms with van der Waals surface area (Å²) in [7, 11) is 0. The van der Waals surface area contributed by atoms with Crippen molar-refractivity contribution in [2.45, 2.75) is 59.3 Å². The van der Waals surface area contributed by atoms with Gasteiger partial charge in [-0.15, -0.1) is 0 Å². The number of rotatable bonds is 6. The zero-order valence-corrected chi connectivity index (χ0v) is 17.7. The van der Waals surface area contributed by atoms with E-state index in [4.69, 9.17) is 5.11 Å². The Kier molecular flexibility index (Phi) is 6.01. The van der Waals surface area contributed by atoms with Gasteiger partial charge in [0.15, 0.2) is 0 Å². The zero-order chi connectivity index (χ0) is 21.2. The molecule has 3 rings (SSSR count). The lowest BCUT2D eigenvalue weighted by molar-refractivity contribution is 0.00795. The summed E-state index contributed by atoms with van der Waals surface area (Å²) in [6.07, 6.45) is 5.49. The zero-order valence-electron chi connectivity index (χ0n) is 17.7. The van der Waals surface area contributed by atoms with E-state index >= 15 is 0 Å². The monoisotopic (exact) mass is 400 g/mol. The van der Waals surface area contributed by atoms with Gasteiger partial charge in [0, 0.05) is 13.1 Å². The molecule has 1 aliphatic heterocycles. The fraction of sp³-hybridized carbons (Fsp3) is 0.609. The molecule has 0 aromatic heterocycles. The van der Waals surface area contributed by atoms with E-state index in [1.54, 1.807) is 24.3 Å². The molecule has 0 radical (unpaired) electrons. The van der Waals surface area contributed by atoms with Crippen LogP contribution >= 0.6 is 0 Å². The molecule has 0 spiro atoms. The highest BCUT2D eigenvalue weighted by molar-refractivity contribution is 6.21. The fourth-order valence-electron chi connectivity index (χ4n) is 5.14. The molecule has 1 aromatic rings. The molecule has 2 N–H and O–H groups in total. The average molecular weight is 401 g/mol. The number of hydrogen-bond acceptors (Lipinski definition) is 3. The van der Waals surface area contributed by atoms with Crippen LogP contribution in [0.15, 0.2) is 24.3 Å². The highest BCUT2D eigenvalue weighted by Gasteiger charge is 2.45. The molecule has 1 atom stereocenters. The third-order valence-corrected chi connectivity index (χ3v) is 6.94. The minimum absolute atomic E-state index is 0.0664. The number of hydrogen-bond donors (Lipinski definition) is 2. The van der Waals surface area contributed by atoms with Gasteiger partial charge in [0.1, 0.15) is 0 Å². The predicted molar refractivity (Wildman–Crippen MR) is 111 cm³/mol. The van der Waals surface area contributed by atoms with Crippen LogP contribution in [0.1, 0.15) is 80.0 Å². The second kappa shape index (κ2) is 8.17. The molecule has 6 heteroatoms. The summed E-state index contributed by atoms with van der Waals surface area (Å²) in [5.74, 6) is -0.676. The lowest BCUT2D eigenvalue weighted by Gasteiger charge is -2.50. The van der Waals surface area contributed by atoms with Gasteiger partial charge in [-0.1, -0.05) is 52.2 Å². The van der Waals surface area contributed by atoms with Gasteiger partial charge in [-0.2, -0.15) is 0 Å². The molecule has 0 saturated heterocycles. The number of amides is 3. The first-order chi connectivity index (χ1) is 13.6. The third kappa shape index (κ3) is 4.31. The first-order valence-corrected chi connectivity index (χ1v) is 10.6. The molecule has 1 saturated carbocycles. The second-order valence-corrected chi connectivity index (χ2v) is 9.61. The quantitative estimate of drug-likeness (QED) is 0.686. The molecule has 3 amide bonds. The smallest absolute Gasteiger partial charge is 0.404 e. The van der Waals surface area contributed by atoms with Gasteiger partial charge in [-0.3, -0.25) is 14.5 Å². The number of fused-ring (bicyclic) bond motifs is 1. The summed E-state index contributed by atoms with van der Waals surface area (Å²) >= 11 is 0. The van der Waals surface area contributed by atoms with Crippen LogP contribution in [0.2, 0.25) is 0 Å². The standard InChI is InChI=1S/C23H32N2O4/c1-22(2,3)23(11-7-4-8-12-23)13-16(14-24-21(28)29)15-25-19(26)17-9-5-6-10-18(17)20(25)27/h5-6,9-10,16,24H,4,7-8,11-15H2,1-3H3,(H,28,29). The largest absolute Gasteiger partial charge is 0.465 e. The minimum Gasteiger partial charge on any atom is -0.465 e. The van der Waals surface area contributed by atoms with E-state index < -0.39 is 6.09 Å². The normalized spacial score (nSPS) is 19.8. The molecule has 29 heavy (non-hydrogen) atoms. The molecule has 1 fully saturated rings. The van der Waals surface area contributed by atoms with Crippen molar-refractivity contribution in [1.29, 1.82) is 0 Å². The van der Waals surface area contributed by atoms with E-state index in [-0.39, 0.29) is 41.7 Å². The van der Waals surface area contributed by atoms with Crippen LogP contribution < -0.4 is 5.32 Å². The van der Waals surface area contributed by atoms with Crippen molar-refractivity contribution >= 4 is 17.9 Å². The van der Waals surface area contributed by atoms with Gasteiger partial charge in [0.05, 0.1) is 11.1 Å².